The maximum absolute atomic E-state index is 12.7. The van der Waals surface area contributed by atoms with Crippen LogP contribution in [0.3, 0.4) is 0 Å². The van der Waals surface area contributed by atoms with E-state index in [4.69, 9.17) is 0 Å². The van der Waals surface area contributed by atoms with Gasteiger partial charge in [0.15, 0.2) is 5.13 Å². The van der Waals surface area contributed by atoms with Crippen LogP contribution in [0.15, 0.2) is 57.4 Å². The Morgan fingerprint density at radius 1 is 1.07 bits per heavy atom. The van der Waals surface area contributed by atoms with Gasteiger partial charge in [-0.1, -0.05) is 50.2 Å². The predicted molar refractivity (Wildman–Crippen MR) is 109 cm³/mol. The van der Waals surface area contributed by atoms with E-state index in [-0.39, 0.29) is 10.1 Å². The first-order valence-electron chi connectivity index (χ1n) is 8.24. The lowest BCUT2D eigenvalue weighted by atomic mass is 10.1. The molecule has 3 aromatic rings. The zero-order valence-electron chi connectivity index (χ0n) is 14.7. The van der Waals surface area contributed by atoms with Crippen molar-refractivity contribution in [1.82, 2.24) is 9.71 Å². The molecule has 9 heteroatoms. The summed E-state index contributed by atoms with van der Waals surface area (Å²) in [6.07, 6.45) is 0. The van der Waals surface area contributed by atoms with Crippen LogP contribution in [-0.4, -0.2) is 25.4 Å². The molecule has 3 rings (SSSR count). The van der Waals surface area contributed by atoms with Crippen LogP contribution >= 0.6 is 22.7 Å². The first-order chi connectivity index (χ1) is 12.9. The molecule has 1 atom stereocenters. The summed E-state index contributed by atoms with van der Waals surface area (Å²) in [7, 11) is -3.75. The summed E-state index contributed by atoms with van der Waals surface area (Å²) >= 11 is 2.41. The van der Waals surface area contributed by atoms with E-state index in [2.05, 4.69) is 15.0 Å². The van der Waals surface area contributed by atoms with E-state index in [0.717, 1.165) is 22.6 Å². The van der Waals surface area contributed by atoms with Gasteiger partial charge in [-0.05, 0) is 17.4 Å². The normalized spacial score (nSPS) is 12.9. The third kappa shape index (κ3) is 4.81. The Morgan fingerprint density at radius 2 is 1.81 bits per heavy atom. The van der Waals surface area contributed by atoms with Gasteiger partial charge in [-0.25, -0.2) is 13.4 Å². The molecule has 2 aromatic heterocycles. The summed E-state index contributed by atoms with van der Waals surface area (Å²) in [6, 6.07) is 11.9. The lowest BCUT2D eigenvalue weighted by Crippen LogP contribution is -2.46. The second kappa shape index (κ2) is 8.30. The molecular weight excluding hydrogens is 402 g/mol. The Bertz CT molecular complexity index is 997. The van der Waals surface area contributed by atoms with E-state index in [1.54, 1.807) is 25.3 Å². The number of hydrogen-bond acceptors (Lipinski definition) is 6. The van der Waals surface area contributed by atoms with Gasteiger partial charge in [-0.3, -0.25) is 4.79 Å². The van der Waals surface area contributed by atoms with Crippen LogP contribution in [-0.2, 0) is 14.8 Å². The van der Waals surface area contributed by atoms with E-state index in [1.165, 1.54) is 17.4 Å². The van der Waals surface area contributed by atoms with Crippen molar-refractivity contribution in [2.45, 2.75) is 24.1 Å². The number of amides is 1. The van der Waals surface area contributed by atoms with Crippen LogP contribution in [0, 0.1) is 5.92 Å². The van der Waals surface area contributed by atoms with E-state index < -0.39 is 22.0 Å². The van der Waals surface area contributed by atoms with Crippen molar-refractivity contribution in [3.8, 4) is 11.3 Å². The lowest BCUT2D eigenvalue weighted by Gasteiger charge is -2.20. The van der Waals surface area contributed by atoms with Gasteiger partial charge < -0.3 is 5.32 Å². The molecule has 0 bridgehead atoms. The largest absolute Gasteiger partial charge is 0.301 e. The molecule has 0 unspecified atom stereocenters. The highest BCUT2D eigenvalue weighted by atomic mass is 32.2. The average Bonchev–Trinajstić information content (AvgIpc) is 3.32. The number of hydrogen-bond donors (Lipinski definition) is 2. The molecule has 0 spiro atoms. The number of nitrogens with zero attached hydrogens (tertiary/aromatic N) is 1. The van der Waals surface area contributed by atoms with E-state index in [9.17, 15) is 13.2 Å². The minimum Gasteiger partial charge on any atom is -0.301 e. The monoisotopic (exact) mass is 421 g/mol. The van der Waals surface area contributed by atoms with Crippen molar-refractivity contribution in [3.63, 3.8) is 0 Å². The second-order valence-electron chi connectivity index (χ2n) is 6.17. The maximum Gasteiger partial charge on any atom is 0.250 e. The lowest BCUT2D eigenvalue weighted by molar-refractivity contribution is -0.118. The molecule has 0 aliphatic carbocycles. The van der Waals surface area contributed by atoms with Crippen LogP contribution < -0.4 is 10.0 Å². The highest BCUT2D eigenvalue weighted by Crippen LogP contribution is 2.25. The Hall–Kier alpha value is -2.07. The number of aromatic nitrogens is 1. The van der Waals surface area contributed by atoms with E-state index in [0.29, 0.717) is 5.13 Å². The standard InChI is InChI=1S/C18H19N3O3S3/c1-12(2)16(21-27(23,24)15-9-6-10-25-15)17(22)20-18-19-14(11-26-18)13-7-4-3-5-8-13/h3-12,16,21H,1-2H3,(H,19,20,22)/t16-/m0/s1. The maximum atomic E-state index is 12.7. The fourth-order valence-corrected chi connectivity index (χ4v) is 5.47. The van der Waals surface area contributed by atoms with Gasteiger partial charge in [0.2, 0.25) is 5.91 Å². The minimum atomic E-state index is -3.75. The summed E-state index contributed by atoms with van der Waals surface area (Å²) in [5.74, 6) is -0.660. The summed E-state index contributed by atoms with van der Waals surface area (Å²) in [4.78, 5) is 17.1. The van der Waals surface area contributed by atoms with Gasteiger partial charge in [0, 0.05) is 10.9 Å². The number of nitrogens with one attached hydrogen (secondary N) is 2. The van der Waals surface area contributed by atoms with Crippen molar-refractivity contribution >= 4 is 43.7 Å². The number of thiophene rings is 1. The highest BCUT2D eigenvalue weighted by molar-refractivity contribution is 7.91. The van der Waals surface area contributed by atoms with Gasteiger partial charge >= 0.3 is 0 Å². The molecule has 0 saturated heterocycles. The van der Waals surface area contributed by atoms with Crippen molar-refractivity contribution < 1.29 is 13.2 Å². The zero-order valence-corrected chi connectivity index (χ0v) is 17.2. The summed E-state index contributed by atoms with van der Waals surface area (Å²) in [5, 5.41) is 6.69. The molecule has 0 aliphatic heterocycles. The molecule has 0 aliphatic rings. The fourth-order valence-electron chi connectivity index (χ4n) is 2.39. The van der Waals surface area contributed by atoms with Gasteiger partial charge in [-0.15, -0.1) is 22.7 Å². The zero-order chi connectivity index (χ0) is 19.4. The quantitative estimate of drug-likeness (QED) is 0.607. The van der Waals surface area contributed by atoms with Gasteiger partial charge in [0.1, 0.15) is 10.3 Å². The molecule has 27 heavy (non-hydrogen) atoms. The SMILES string of the molecule is CC(C)[C@H](NS(=O)(=O)c1cccs1)C(=O)Nc1nc(-c2ccccc2)cs1. The second-order valence-corrected chi connectivity index (χ2v) is 9.91. The first-order valence-corrected chi connectivity index (χ1v) is 11.5. The first kappa shape index (κ1) is 19.7. The smallest absolute Gasteiger partial charge is 0.250 e. The number of anilines is 1. The molecule has 1 aromatic carbocycles. The average molecular weight is 422 g/mol. The third-order valence-electron chi connectivity index (χ3n) is 3.80. The Morgan fingerprint density at radius 3 is 2.44 bits per heavy atom. The summed E-state index contributed by atoms with van der Waals surface area (Å²) in [5.41, 5.74) is 1.71. The Balaban J connectivity index is 1.74. The summed E-state index contributed by atoms with van der Waals surface area (Å²) < 4.78 is 27.6. The van der Waals surface area contributed by atoms with Crippen molar-refractivity contribution in [3.05, 3.63) is 53.2 Å². The molecule has 1 amide bonds. The molecule has 2 N–H and O–H groups in total. The van der Waals surface area contributed by atoms with Crippen molar-refractivity contribution in [2.24, 2.45) is 5.92 Å². The van der Waals surface area contributed by atoms with E-state index in [1.807, 2.05) is 35.7 Å². The molecule has 6 nitrogen and oxygen atoms in total. The molecular formula is C18H19N3O3S3. The number of carbonyl (C=O) groups is 1. The topological polar surface area (TPSA) is 88.2 Å². The van der Waals surface area contributed by atoms with Gasteiger partial charge in [-0.2, -0.15) is 4.72 Å². The van der Waals surface area contributed by atoms with Crippen LogP contribution in [0.25, 0.3) is 11.3 Å². The van der Waals surface area contributed by atoms with Crippen LogP contribution in [0.1, 0.15) is 13.8 Å². The van der Waals surface area contributed by atoms with Crippen LogP contribution in [0.4, 0.5) is 5.13 Å². The van der Waals surface area contributed by atoms with Crippen LogP contribution in [0.2, 0.25) is 0 Å². The van der Waals surface area contributed by atoms with Gasteiger partial charge in [0.25, 0.3) is 10.0 Å². The fraction of sp³-hybridized carbons (Fsp3) is 0.222. The van der Waals surface area contributed by atoms with Crippen LogP contribution in [0.5, 0.6) is 0 Å². The molecule has 142 valence electrons. The number of thiazole rings is 1. The number of sulfonamides is 1. The molecule has 0 radical (unpaired) electrons. The van der Waals surface area contributed by atoms with Crippen molar-refractivity contribution in [1.29, 1.82) is 0 Å². The molecule has 2 heterocycles. The predicted octanol–water partition coefficient (Wildman–Crippen LogP) is 3.81. The number of rotatable bonds is 7. The van der Waals surface area contributed by atoms with Crippen molar-refractivity contribution in [2.75, 3.05) is 5.32 Å². The third-order valence-corrected chi connectivity index (χ3v) is 7.39. The summed E-state index contributed by atoms with van der Waals surface area (Å²) in [6.45, 7) is 3.58. The minimum absolute atomic E-state index is 0.182. The van der Waals surface area contributed by atoms with E-state index >= 15 is 0 Å². The highest BCUT2D eigenvalue weighted by Gasteiger charge is 2.29. The number of benzene rings is 1. The Kier molecular flexibility index (Phi) is 6.05. The molecule has 0 fully saturated rings. The number of carbonyl (C=O) groups excluding carboxylic acids is 1. The Labute approximate surface area is 166 Å². The molecule has 0 saturated carbocycles. The van der Waals surface area contributed by atoms with Gasteiger partial charge in [0.05, 0.1) is 5.69 Å².